The molecule has 6 nitrogen and oxygen atoms in total. The van der Waals surface area contributed by atoms with E-state index in [-0.39, 0.29) is 22.2 Å². The van der Waals surface area contributed by atoms with Gasteiger partial charge < -0.3 is 5.32 Å². The Bertz CT molecular complexity index is 888. The predicted molar refractivity (Wildman–Crippen MR) is 79.7 cm³/mol. The summed E-state index contributed by atoms with van der Waals surface area (Å²) in [4.78, 5) is 18.3. The molecule has 0 unspecified atom stereocenters. The molecule has 1 N–H and O–H groups in total. The van der Waals surface area contributed by atoms with Crippen LogP contribution in [0.2, 0.25) is 5.02 Å². The van der Waals surface area contributed by atoms with Gasteiger partial charge >= 0.3 is 0 Å². The third kappa shape index (κ3) is 2.53. The standard InChI is InChI=1S/C14H7ClFN4O2/c15-10-2-1-3-12(13(10)16)19-14-9-6-8(20(21)22)4-5-11(9)17-7-18-14/h1-3,5-7H,(H,17,18,19). The van der Waals surface area contributed by atoms with Crippen LogP contribution in [-0.2, 0) is 0 Å². The normalized spacial score (nSPS) is 10.6. The number of nitro benzene ring substituents is 1. The van der Waals surface area contributed by atoms with Crippen LogP contribution in [0.15, 0.2) is 36.7 Å². The summed E-state index contributed by atoms with van der Waals surface area (Å²) in [5.74, 6) is -0.392. The van der Waals surface area contributed by atoms with Gasteiger partial charge in [0.15, 0.2) is 5.82 Å². The number of benzene rings is 2. The highest BCUT2D eigenvalue weighted by molar-refractivity contribution is 6.31. The number of aromatic nitrogens is 2. The zero-order chi connectivity index (χ0) is 15.7. The van der Waals surface area contributed by atoms with Gasteiger partial charge in [-0.3, -0.25) is 10.1 Å². The van der Waals surface area contributed by atoms with Gasteiger partial charge in [-0.1, -0.05) is 17.7 Å². The van der Waals surface area contributed by atoms with Crippen LogP contribution in [0.5, 0.6) is 0 Å². The van der Waals surface area contributed by atoms with E-state index in [2.05, 4.69) is 21.4 Å². The number of nitrogens with zero attached hydrogens (tertiary/aromatic N) is 3. The van der Waals surface area contributed by atoms with Crippen molar-refractivity contribution in [1.29, 1.82) is 0 Å². The van der Waals surface area contributed by atoms with E-state index in [4.69, 9.17) is 11.6 Å². The Morgan fingerprint density at radius 1 is 1.36 bits per heavy atom. The summed E-state index contributed by atoms with van der Waals surface area (Å²) in [6.45, 7) is 0. The van der Waals surface area contributed by atoms with Crippen molar-refractivity contribution in [3.05, 3.63) is 63.7 Å². The molecule has 0 bridgehead atoms. The van der Waals surface area contributed by atoms with Crippen molar-refractivity contribution in [2.45, 2.75) is 0 Å². The van der Waals surface area contributed by atoms with Crippen LogP contribution >= 0.6 is 11.6 Å². The largest absolute Gasteiger partial charge is 0.337 e. The third-order valence-corrected chi connectivity index (χ3v) is 3.25. The van der Waals surface area contributed by atoms with Crippen LogP contribution in [0.25, 0.3) is 10.9 Å². The van der Waals surface area contributed by atoms with Gasteiger partial charge in [0.05, 0.1) is 27.2 Å². The van der Waals surface area contributed by atoms with E-state index in [0.717, 1.165) is 0 Å². The second-order valence-corrected chi connectivity index (χ2v) is 4.73. The zero-order valence-corrected chi connectivity index (χ0v) is 11.6. The molecule has 0 saturated heterocycles. The molecule has 0 spiro atoms. The molecule has 3 rings (SSSR count). The maximum absolute atomic E-state index is 13.9. The fraction of sp³-hybridized carbons (Fsp3) is 0. The monoisotopic (exact) mass is 317 g/mol. The van der Waals surface area contributed by atoms with Crippen LogP contribution in [0.4, 0.5) is 21.6 Å². The topological polar surface area (TPSA) is 81.0 Å². The molecule has 0 aliphatic heterocycles. The van der Waals surface area contributed by atoms with Crippen molar-refractivity contribution in [2.75, 3.05) is 5.32 Å². The molecule has 8 heteroatoms. The van der Waals surface area contributed by atoms with Crippen LogP contribution in [0, 0.1) is 22.0 Å². The van der Waals surface area contributed by atoms with E-state index in [1.807, 2.05) is 0 Å². The molecule has 0 atom stereocenters. The average molecular weight is 318 g/mol. The first-order valence-electron chi connectivity index (χ1n) is 6.08. The van der Waals surface area contributed by atoms with E-state index >= 15 is 0 Å². The molecule has 1 heterocycles. The molecule has 0 saturated carbocycles. The number of rotatable bonds is 3. The molecule has 0 fully saturated rings. The summed E-state index contributed by atoms with van der Waals surface area (Å²) in [5.41, 5.74) is 0.338. The highest BCUT2D eigenvalue weighted by Crippen LogP contribution is 2.29. The van der Waals surface area contributed by atoms with Gasteiger partial charge in [-0.05, 0) is 18.2 Å². The molecular weight excluding hydrogens is 311 g/mol. The second-order valence-electron chi connectivity index (χ2n) is 4.32. The van der Waals surface area contributed by atoms with Crippen LogP contribution in [0.1, 0.15) is 0 Å². The van der Waals surface area contributed by atoms with E-state index in [0.29, 0.717) is 10.9 Å². The first kappa shape index (κ1) is 14.2. The Morgan fingerprint density at radius 3 is 2.95 bits per heavy atom. The Balaban J connectivity index is 2.12. The summed E-state index contributed by atoms with van der Waals surface area (Å²) < 4.78 is 13.9. The van der Waals surface area contributed by atoms with Gasteiger partial charge in [0, 0.05) is 11.5 Å². The molecule has 2 aromatic carbocycles. The summed E-state index contributed by atoms with van der Waals surface area (Å²) in [5, 5.41) is 14.0. The number of fused-ring (bicyclic) bond motifs is 1. The quantitative estimate of drug-likeness (QED) is 0.585. The minimum atomic E-state index is -0.632. The van der Waals surface area contributed by atoms with Gasteiger partial charge in [0.2, 0.25) is 0 Å². The molecule has 3 aromatic rings. The van der Waals surface area contributed by atoms with Crippen LogP contribution < -0.4 is 5.32 Å². The van der Waals surface area contributed by atoms with Crippen LogP contribution in [-0.4, -0.2) is 14.9 Å². The number of non-ortho nitro benzene ring substituents is 1. The zero-order valence-electron chi connectivity index (χ0n) is 10.9. The number of nitro groups is 1. The van der Waals surface area contributed by atoms with Gasteiger partial charge in [-0.2, -0.15) is 0 Å². The summed E-state index contributed by atoms with van der Waals surface area (Å²) in [7, 11) is 0. The Labute approximate surface area is 128 Å². The maximum Gasteiger partial charge on any atom is 0.278 e. The van der Waals surface area contributed by atoms with E-state index in [1.165, 1.54) is 30.6 Å². The van der Waals surface area contributed by atoms with Crippen molar-refractivity contribution in [3.63, 3.8) is 0 Å². The lowest BCUT2D eigenvalue weighted by Crippen LogP contribution is -1.99. The SMILES string of the molecule is O=[N+]([O-])c1[c]cc2ncnc(Nc3cccc(Cl)c3F)c2c1. The molecule has 22 heavy (non-hydrogen) atoms. The van der Waals surface area contributed by atoms with Crippen molar-refractivity contribution < 1.29 is 9.31 Å². The minimum Gasteiger partial charge on any atom is -0.337 e. The molecule has 1 radical (unpaired) electrons. The lowest BCUT2D eigenvalue weighted by atomic mass is 10.2. The average Bonchev–Trinajstić information content (AvgIpc) is 2.51. The van der Waals surface area contributed by atoms with Crippen molar-refractivity contribution >= 4 is 39.7 Å². The summed E-state index contributed by atoms with van der Waals surface area (Å²) in [6, 6.07) is 9.65. The van der Waals surface area contributed by atoms with Gasteiger partial charge in [-0.25, -0.2) is 14.4 Å². The van der Waals surface area contributed by atoms with Gasteiger partial charge in [0.25, 0.3) is 5.69 Å². The van der Waals surface area contributed by atoms with E-state index < -0.39 is 10.7 Å². The fourth-order valence-electron chi connectivity index (χ4n) is 1.92. The number of hydrogen-bond acceptors (Lipinski definition) is 5. The number of halogens is 2. The molecule has 1 aromatic heterocycles. The minimum absolute atomic E-state index is 0.0392. The molecular formula is C14H7ClFN4O2. The van der Waals surface area contributed by atoms with Crippen molar-refractivity contribution in [1.82, 2.24) is 9.97 Å². The van der Waals surface area contributed by atoms with E-state index in [1.54, 1.807) is 6.07 Å². The van der Waals surface area contributed by atoms with Crippen LogP contribution in [0.3, 0.4) is 0 Å². The first-order chi connectivity index (χ1) is 10.6. The number of nitrogens with one attached hydrogen (secondary N) is 1. The highest BCUT2D eigenvalue weighted by Gasteiger charge is 2.13. The lowest BCUT2D eigenvalue weighted by molar-refractivity contribution is -0.385. The van der Waals surface area contributed by atoms with E-state index in [9.17, 15) is 14.5 Å². The third-order valence-electron chi connectivity index (χ3n) is 2.95. The van der Waals surface area contributed by atoms with Gasteiger partial charge in [-0.15, -0.1) is 0 Å². The Hall–Kier alpha value is -2.80. The lowest BCUT2D eigenvalue weighted by Gasteiger charge is -2.09. The molecule has 109 valence electrons. The van der Waals surface area contributed by atoms with Crippen molar-refractivity contribution in [2.24, 2.45) is 0 Å². The first-order valence-corrected chi connectivity index (χ1v) is 6.46. The highest BCUT2D eigenvalue weighted by atomic mass is 35.5. The molecule has 0 aliphatic rings. The fourth-order valence-corrected chi connectivity index (χ4v) is 2.09. The Morgan fingerprint density at radius 2 is 2.18 bits per heavy atom. The Kier molecular flexibility index (Phi) is 3.56. The molecule has 0 aliphatic carbocycles. The van der Waals surface area contributed by atoms with Gasteiger partial charge in [0.1, 0.15) is 12.1 Å². The predicted octanol–water partition coefficient (Wildman–Crippen LogP) is 3.87. The van der Waals surface area contributed by atoms with Crippen molar-refractivity contribution in [3.8, 4) is 0 Å². The number of hydrogen-bond donors (Lipinski definition) is 1. The summed E-state index contributed by atoms with van der Waals surface area (Å²) in [6.07, 6.45) is 1.27. The molecule has 0 amide bonds. The number of anilines is 2. The maximum atomic E-state index is 13.9. The smallest absolute Gasteiger partial charge is 0.278 e. The second kappa shape index (κ2) is 5.53. The summed E-state index contributed by atoms with van der Waals surface area (Å²) >= 11 is 5.72.